The largest absolute Gasteiger partial charge is 0.475 e. The fourth-order valence-corrected chi connectivity index (χ4v) is 4.74. The van der Waals surface area contributed by atoms with Crippen molar-refractivity contribution in [1.29, 1.82) is 0 Å². The molecule has 0 aromatic rings. The number of hydrogen-bond acceptors (Lipinski definition) is 3. The molecule has 108 valence electrons. The lowest BCUT2D eigenvalue weighted by Gasteiger charge is -2.64. The second kappa shape index (κ2) is 4.22. The Kier molecular flexibility index (Phi) is 3.09. The van der Waals surface area contributed by atoms with Crippen LogP contribution in [-0.2, 0) is 9.31 Å². The summed E-state index contributed by atoms with van der Waals surface area (Å²) in [6, 6.07) is 0. The van der Waals surface area contributed by atoms with E-state index in [0.29, 0.717) is 17.3 Å². The summed E-state index contributed by atoms with van der Waals surface area (Å²) in [5.41, 5.74) is 6.56. The molecule has 0 spiro atoms. The van der Waals surface area contributed by atoms with Gasteiger partial charge in [0.25, 0.3) is 0 Å². The van der Waals surface area contributed by atoms with Crippen LogP contribution in [-0.4, -0.2) is 24.8 Å². The molecule has 3 nitrogen and oxygen atoms in total. The standard InChI is InChI=1S/C15H28BNO2/c1-9(2)6-13(17)16-18-12-8-10-7-11(14(10,3)4)15(12,5)19-16/h9-13H,6-8,17H2,1-5H3/t10?,11?,12-,13+,15+/m1/s1. The average Bonchev–Trinajstić information content (AvgIpc) is 2.64. The van der Waals surface area contributed by atoms with Crippen LogP contribution in [0.5, 0.6) is 0 Å². The summed E-state index contributed by atoms with van der Waals surface area (Å²) in [5, 5.41) is 0. The summed E-state index contributed by atoms with van der Waals surface area (Å²) in [6.45, 7) is 11.4. The fraction of sp³-hybridized carbons (Fsp3) is 1.00. The predicted octanol–water partition coefficient (Wildman–Crippen LogP) is 2.63. The van der Waals surface area contributed by atoms with Crippen LogP contribution in [0.1, 0.15) is 53.9 Å². The van der Waals surface area contributed by atoms with E-state index in [4.69, 9.17) is 15.0 Å². The van der Waals surface area contributed by atoms with Gasteiger partial charge in [-0.3, -0.25) is 0 Å². The summed E-state index contributed by atoms with van der Waals surface area (Å²) in [7, 11) is -0.201. The molecule has 2 bridgehead atoms. The van der Waals surface area contributed by atoms with Gasteiger partial charge in [0.1, 0.15) is 0 Å². The van der Waals surface area contributed by atoms with Gasteiger partial charge in [0.15, 0.2) is 0 Å². The monoisotopic (exact) mass is 265 g/mol. The highest BCUT2D eigenvalue weighted by atomic mass is 16.7. The molecule has 4 rings (SSSR count). The van der Waals surface area contributed by atoms with Gasteiger partial charge in [-0.25, -0.2) is 0 Å². The van der Waals surface area contributed by atoms with Gasteiger partial charge in [0.2, 0.25) is 0 Å². The molecular formula is C15H28BNO2. The van der Waals surface area contributed by atoms with Crippen molar-refractivity contribution in [3.63, 3.8) is 0 Å². The van der Waals surface area contributed by atoms with Crippen molar-refractivity contribution < 1.29 is 9.31 Å². The SMILES string of the molecule is CC(C)C[C@H](N)B1O[C@@H]2CC3CC(C3(C)C)[C@]2(C)O1. The molecular weight excluding hydrogens is 237 g/mol. The van der Waals surface area contributed by atoms with Gasteiger partial charge in [0, 0.05) is 5.94 Å². The highest BCUT2D eigenvalue weighted by molar-refractivity contribution is 6.47. The van der Waals surface area contributed by atoms with Crippen molar-refractivity contribution in [2.24, 2.45) is 28.9 Å². The number of hydrogen-bond donors (Lipinski definition) is 1. The van der Waals surface area contributed by atoms with Crippen LogP contribution in [0.4, 0.5) is 0 Å². The molecule has 2 unspecified atom stereocenters. The van der Waals surface area contributed by atoms with Gasteiger partial charge in [0.05, 0.1) is 11.7 Å². The molecule has 1 aliphatic heterocycles. The lowest BCUT2D eigenvalue weighted by molar-refractivity contribution is -0.199. The Labute approximate surface area is 117 Å². The van der Waals surface area contributed by atoms with E-state index in [-0.39, 0.29) is 24.8 Å². The lowest BCUT2D eigenvalue weighted by atomic mass is 9.43. The first kappa shape index (κ1) is 13.9. The molecule has 5 atom stereocenters. The zero-order valence-electron chi connectivity index (χ0n) is 13.0. The van der Waals surface area contributed by atoms with Crippen molar-refractivity contribution in [3.8, 4) is 0 Å². The van der Waals surface area contributed by atoms with Gasteiger partial charge in [-0.05, 0) is 49.4 Å². The summed E-state index contributed by atoms with van der Waals surface area (Å²) >= 11 is 0. The summed E-state index contributed by atoms with van der Waals surface area (Å²) in [5.74, 6) is 2.02. The Balaban J connectivity index is 1.74. The number of nitrogens with two attached hydrogens (primary N) is 1. The molecule has 0 radical (unpaired) electrons. The molecule has 1 heterocycles. The van der Waals surface area contributed by atoms with E-state index >= 15 is 0 Å². The first-order valence-electron chi connectivity index (χ1n) is 7.84. The van der Waals surface area contributed by atoms with Crippen molar-refractivity contribution in [2.75, 3.05) is 0 Å². The Bertz CT molecular complexity index is 373. The third kappa shape index (κ3) is 1.90. The minimum atomic E-state index is -0.201. The van der Waals surface area contributed by atoms with E-state index < -0.39 is 0 Å². The Hall–Kier alpha value is -0.0551. The Morgan fingerprint density at radius 1 is 1.26 bits per heavy atom. The zero-order valence-corrected chi connectivity index (χ0v) is 13.0. The zero-order chi connectivity index (χ0) is 14.0. The molecule has 4 aliphatic rings. The molecule has 3 aliphatic carbocycles. The molecule has 0 aromatic carbocycles. The van der Waals surface area contributed by atoms with Crippen LogP contribution in [0.3, 0.4) is 0 Å². The van der Waals surface area contributed by atoms with E-state index in [0.717, 1.165) is 18.8 Å². The molecule has 1 saturated heterocycles. The van der Waals surface area contributed by atoms with Crippen LogP contribution in [0.25, 0.3) is 0 Å². The third-order valence-corrected chi connectivity index (χ3v) is 6.06. The molecule has 2 N–H and O–H groups in total. The van der Waals surface area contributed by atoms with Crippen LogP contribution in [0, 0.1) is 23.2 Å². The summed E-state index contributed by atoms with van der Waals surface area (Å²) in [4.78, 5) is 0. The maximum atomic E-state index is 6.35. The fourth-order valence-electron chi connectivity index (χ4n) is 4.74. The maximum Gasteiger partial charge on any atom is 0.475 e. The van der Waals surface area contributed by atoms with Gasteiger partial charge in [-0.1, -0.05) is 27.7 Å². The van der Waals surface area contributed by atoms with Crippen LogP contribution >= 0.6 is 0 Å². The van der Waals surface area contributed by atoms with Crippen LogP contribution < -0.4 is 5.73 Å². The number of rotatable bonds is 3. The normalized spacial score (nSPS) is 45.0. The summed E-state index contributed by atoms with van der Waals surface area (Å²) in [6.07, 6.45) is 3.67. The van der Waals surface area contributed by atoms with E-state index in [1.165, 1.54) is 6.42 Å². The highest BCUT2D eigenvalue weighted by Gasteiger charge is 2.68. The van der Waals surface area contributed by atoms with Crippen molar-refractivity contribution in [2.45, 2.75) is 71.5 Å². The van der Waals surface area contributed by atoms with E-state index in [1.807, 2.05) is 0 Å². The van der Waals surface area contributed by atoms with Crippen molar-refractivity contribution in [1.82, 2.24) is 0 Å². The molecule has 4 fully saturated rings. The third-order valence-electron chi connectivity index (χ3n) is 6.06. The van der Waals surface area contributed by atoms with E-state index in [9.17, 15) is 0 Å². The second-order valence-corrected chi connectivity index (χ2v) is 8.13. The van der Waals surface area contributed by atoms with Crippen LogP contribution in [0.2, 0.25) is 0 Å². The minimum absolute atomic E-state index is 0.00253. The average molecular weight is 265 g/mol. The topological polar surface area (TPSA) is 44.5 Å². The quantitative estimate of drug-likeness (QED) is 0.798. The molecule has 4 heteroatoms. The first-order valence-corrected chi connectivity index (χ1v) is 7.84. The molecule has 0 amide bonds. The van der Waals surface area contributed by atoms with Gasteiger partial charge in [-0.15, -0.1) is 0 Å². The Morgan fingerprint density at radius 3 is 2.53 bits per heavy atom. The predicted molar refractivity (Wildman–Crippen MR) is 77.5 cm³/mol. The molecule has 3 saturated carbocycles. The van der Waals surface area contributed by atoms with E-state index in [2.05, 4.69) is 34.6 Å². The maximum absolute atomic E-state index is 6.35. The molecule has 0 aromatic heterocycles. The van der Waals surface area contributed by atoms with Gasteiger partial charge < -0.3 is 15.0 Å². The second-order valence-electron chi connectivity index (χ2n) is 8.13. The summed E-state index contributed by atoms with van der Waals surface area (Å²) < 4.78 is 12.5. The lowest BCUT2D eigenvalue weighted by Crippen LogP contribution is -2.65. The minimum Gasteiger partial charge on any atom is -0.404 e. The van der Waals surface area contributed by atoms with Crippen molar-refractivity contribution in [3.05, 3.63) is 0 Å². The smallest absolute Gasteiger partial charge is 0.404 e. The van der Waals surface area contributed by atoms with E-state index in [1.54, 1.807) is 0 Å². The van der Waals surface area contributed by atoms with Gasteiger partial charge in [-0.2, -0.15) is 0 Å². The highest BCUT2D eigenvalue weighted by Crippen LogP contribution is 2.65. The Morgan fingerprint density at radius 2 is 1.95 bits per heavy atom. The first-order chi connectivity index (χ1) is 8.75. The molecule has 19 heavy (non-hydrogen) atoms. The van der Waals surface area contributed by atoms with Crippen LogP contribution in [0.15, 0.2) is 0 Å². The van der Waals surface area contributed by atoms with Gasteiger partial charge >= 0.3 is 7.12 Å². The van der Waals surface area contributed by atoms with Crippen molar-refractivity contribution >= 4 is 7.12 Å².